The van der Waals surface area contributed by atoms with E-state index in [0.29, 0.717) is 5.95 Å². The minimum atomic E-state index is 0.640. The molecule has 11 aromatic rings. The van der Waals surface area contributed by atoms with Gasteiger partial charge in [-0.25, -0.2) is 9.97 Å². The van der Waals surface area contributed by atoms with Crippen molar-refractivity contribution in [3.63, 3.8) is 0 Å². The molecule has 4 aromatic heterocycles. The second kappa shape index (κ2) is 11.7. The number of para-hydroxylation sites is 3. The SMILES string of the molecule is c1ccc(-c2cc(-c3ccccc3)nc(-n3c4ccccc4c4cc5c6cc7ccn(-c8ccccc8)c7cc6n(-c6ccccc6)c5cc43)n2)cc1. The van der Waals surface area contributed by atoms with Crippen LogP contribution in [0.25, 0.3) is 94.4 Å². The first-order valence-electron chi connectivity index (χ1n) is 17.9. The Bertz CT molecular complexity index is 3080. The van der Waals surface area contributed by atoms with E-state index in [-0.39, 0.29) is 0 Å². The molecule has 0 saturated carbocycles. The highest BCUT2D eigenvalue weighted by molar-refractivity contribution is 6.20. The molecule has 7 aromatic carbocycles. The van der Waals surface area contributed by atoms with Crippen molar-refractivity contribution in [1.29, 1.82) is 0 Å². The molecule has 0 unspecified atom stereocenters. The van der Waals surface area contributed by atoms with E-state index in [1.165, 1.54) is 21.7 Å². The number of hydrogen-bond donors (Lipinski definition) is 0. The van der Waals surface area contributed by atoms with Crippen molar-refractivity contribution in [3.05, 3.63) is 188 Å². The third-order valence-electron chi connectivity index (χ3n) is 10.5. The van der Waals surface area contributed by atoms with E-state index in [0.717, 1.165) is 66.7 Å². The molecule has 0 saturated heterocycles. The molecule has 0 aliphatic heterocycles. The first-order chi connectivity index (χ1) is 26.3. The Morgan fingerprint density at radius 2 is 0.849 bits per heavy atom. The standard InChI is InChI=1S/C48H31N5/c1-5-15-32(16-6-1)41-29-42(33-17-7-2-8-18-33)50-48(49-41)53-43-24-14-13-23-37(43)39-28-40-38-27-34-25-26-51(35-19-9-3-10-20-35)44(34)30-45(38)52(46(40)31-47(39)53)36-21-11-4-12-22-36/h1-31H. The molecule has 248 valence electrons. The maximum absolute atomic E-state index is 5.29. The van der Waals surface area contributed by atoms with Crippen molar-refractivity contribution in [2.45, 2.75) is 0 Å². The largest absolute Gasteiger partial charge is 0.316 e. The molecule has 0 aliphatic rings. The molecule has 0 bridgehead atoms. The van der Waals surface area contributed by atoms with Crippen molar-refractivity contribution in [2.24, 2.45) is 0 Å². The van der Waals surface area contributed by atoms with E-state index in [9.17, 15) is 0 Å². The van der Waals surface area contributed by atoms with Crippen LogP contribution in [-0.2, 0) is 0 Å². The monoisotopic (exact) mass is 677 g/mol. The van der Waals surface area contributed by atoms with Gasteiger partial charge < -0.3 is 9.13 Å². The summed E-state index contributed by atoms with van der Waals surface area (Å²) in [6.07, 6.45) is 2.17. The Morgan fingerprint density at radius 1 is 0.340 bits per heavy atom. The second-order valence-corrected chi connectivity index (χ2v) is 13.5. The summed E-state index contributed by atoms with van der Waals surface area (Å²) in [6.45, 7) is 0. The van der Waals surface area contributed by atoms with Gasteiger partial charge >= 0.3 is 0 Å². The molecular weight excluding hydrogens is 647 g/mol. The zero-order valence-electron chi connectivity index (χ0n) is 28.6. The Hall–Kier alpha value is -7.24. The molecule has 0 fully saturated rings. The number of aromatic nitrogens is 5. The fraction of sp³-hybridized carbons (Fsp3) is 0. The zero-order valence-corrected chi connectivity index (χ0v) is 28.6. The lowest BCUT2D eigenvalue weighted by Gasteiger charge is -2.12. The van der Waals surface area contributed by atoms with Gasteiger partial charge in [-0.05, 0) is 66.7 Å². The van der Waals surface area contributed by atoms with Crippen LogP contribution in [0.5, 0.6) is 0 Å². The molecule has 11 rings (SSSR count). The van der Waals surface area contributed by atoms with Crippen LogP contribution in [0.15, 0.2) is 188 Å². The average molecular weight is 678 g/mol. The topological polar surface area (TPSA) is 40.6 Å². The predicted molar refractivity (Wildman–Crippen MR) is 218 cm³/mol. The Labute approximate surface area is 305 Å². The number of nitrogens with zero attached hydrogens (tertiary/aromatic N) is 5. The fourth-order valence-corrected chi connectivity index (χ4v) is 8.04. The Kier molecular flexibility index (Phi) is 6.48. The molecule has 5 heteroatoms. The van der Waals surface area contributed by atoms with Gasteiger partial charge in [-0.2, -0.15) is 0 Å². The molecule has 53 heavy (non-hydrogen) atoms. The number of hydrogen-bond acceptors (Lipinski definition) is 2. The zero-order chi connectivity index (χ0) is 34.9. The quantitative estimate of drug-likeness (QED) is 0.182. The minimum Gasteiger partial charge on any atom is -0.316 e. The van der Waals surface area contributed by atoms with E-state index in [2.05, 4.69) is 190 Å². The highest BCUT2D eigenvalue weighted by Gasteiger charge is 2.21. The second-order valence-electron chi connectivity index (χ2n) is 13.5. The van der Waals surface area contributed by atoms with Crippen LogP contribution in [-0.4, -0.2) is 23.7 Å². The summed E-state index contributed by atoms with van der Waals surface area (Å²) in [4.78, 5) is 10.6. The van der Waals surface area contributed by atoms with Crippen LogP contribution in [0, 0.1) is 0 Å². The summed E-state index contributed by atoms with van der Waals surface area (Å²) in [5.74, 6) is 0.640. The van der Waals surface area contributed by atoms with Crippen LogP contribution >= 0.6 is 0 Å². The van der Waals surface area contributed by atoms with E-state index in [4.69, 9.17) is 9.97 Å². The summed E-state index contributed by atoms with van der Waals surface area (Å²) in [7, 11) is 0. The summed E-state index contributed by atoms with van der Waals surface area (Å²) in [6, 6.07) is 64.4. The maximum Gasteiger partial charge on any atom is 0.235 e. The van der Waals surface area contributed by atoms with Crippen LogP contribution in [0.2, 0.25) is 0 Å². The van der Waals surface area contributed by atoms with Gasteiger partial charge in [0.15, 0.2) is 0 Å². The Balaban J connectivity index is 1.25. The number of rotatable bonds is 5. The van der Waals surface area contributed by atoms with Gasteiger partial charge in [-0.3, -0.25) is 4.57 Å². The molecule has 0 aliphatic carbocycles. The van der Waals surface area contributed by atoms with Crippen LogP contribution in [0.3, 0.4) is 0 Å². The first-order valence-corrected chi connectivity index (χ1v) is 17.9. The van der Waals surface area contributed by atoms with E-state index in [1.54, 1.807) is 0 Å². The third-order valence-corrected chi connectivity index (χ3v) is 10.5. The molecule has 4 heterocycles. The van der Waals surface area contributed by atoms with Gasteiger partial charge in [0.2, 0.25) is 5.95 Å². The molecule has 0 spiro atoms. The predicted octanol–water partition coefficient (Wildman–Crippen LogP) is 11.9. The minimum absolute atomic E-state index is 0.640. The van der Waals surface area contributed by atoms with E-state index >= 15 is 0 Å². The van der Waals surface area contributed by atoms with E-state index in [1.807, 2.05) is 12.1 Å². The van der Waals surface area contributed by atoms with Gasteiger partial charge in [0.1, 0.15) is 0 Å². The maximum atomic E-state index is 5.29. The Morgan fingerprint density at radius 3 is 1.51 bits per heavy atom. The third kappa shape index (κ3) is 4.64. The molecule has 0 N–H and O–H groups in total. The van der Waals surface area contributed by atoms with Crippen LogP contribution in [0.1, 0.15) is 0 Å². The highest BCUT2D eigenvalue weighted by Crippen LogP contribution is 2.41. The molecule has 0 radical (unpaired) electrons. The smallest absolute Gasteiger partial charge is 0.235 e. The van der Waals surface area contributed by atoms with E-state index < -0.39 is 0 Å². The lowest BCUT2D eigenvalue weighted by Crippen LogP contribution is -2.04. The molecule has 5 nitrogen and oxygen atoms in total. The van der Waals surface area contributed by atoms with Crippen molar-refractivity contribution >= 4 is 54.5 Å². The molecule has 0 amide bonds. The summed E-state index contributed by atoms with van der Waals surface area (Å²) >= 11 is 0. The summed E-state index contributed by atoms with van der Waals surface area (Å²) in [5, 5.41) is 5.95. The first kappa shape index (κ1) is 29.5. The summed E-state index contributed by atoms with van der Waals surface area (Å²) in [5.41, 5.74) is 11.7. The van der Waals surface area contributed by atoms with Gasteiger partial charge in [-0.1, -0.05) is 115 Å². The lowest BCUT2D eigenvalue weighted by atomic mass is 10.1. The molecule has 0 atom stereocenters. The van der Waals surface area contributed by atoms with Gasteiger partial charge in [0.05, 0.1) is 39.0 Å². The van der Waals surface area contributed by atoms with Crippen molar-refractivity contribution in [2.75, 3.05) is 0 Å². The van der Waals surface area contributed by atoms with Crippen LogP contribution in [0.4, 0.5) is 0 Å². The number of fused-ring (bicyclic) bond motifs is 7. The fourth-order valence-electron chi connectivity index (χ4n) is 8.04. The van der Waals surface area contributed by atoms with Crippen molar-refractivity contribution < 1.29 is 0 Å². The van der Waals surface area contributed by atoms with Crippen molar-refractivity contribution in [1.82, 2.24) is 23.7 Å². The normalized spacial score (nSPS) is 11.8. The molecular formula is C48H31N5. The average Bonchev–Trinajstić information content (AvgIpc) is 3.89. The summed E-state index contributed by atoms with van der Waals surface area (Å²) < 4.78 is 6.93. The lowest BCUT2D eigenvalue weighted by molar-refractivity contribution is 0.995. The van der Waals surface area contributed by atoms with Gasteiger partial charge in [0, 0.05) is 55.6 Å². The number of benzene rings is 7. The highest BCUT2D eigenvalue weighted by atomic mass is 15.2. The van der Waals surface area contributed by atoms with Gasteiger partial charge in [0.25, 0.3) is 0 Å². The van der Waals surface area contributed by atoms with Crippen LogP contribution < -0.4 is 0 Å². The van der Waals surface area contributed by atoms with Crippen molar-refractivity contribution in [3.8, 4) is 39.8 Å². The van der Waals surface area contributed by atoms with Gasteiger partial charge in [-0.15, -0.1) is 0 Å².